The van der Waals surface area contributed by atoms with Crippen molar-refractivity contribution in [2.24, 2.45) is 5.41 Å². The summed E-state index contributed by atoms with van der Waals surface area (Å²) in [5.74, 6) is -0.279. The maximum Gasteiger partial charge on any atom is 0.420 e. The maximum atomic E-state index is 12.5. The van der Waals surface area contributed by atoms with Crippen LogP contribution >= 0.6 is 11.6 Å². The molecule has 124 valence electrons. The summed E-state index contributed by atoms with van der Waals surface area (Å²) in [5, 5.41) is 0.561. The first-order valence-corrected chi connectivity index (χ1v) is 8.25. The number of nitrogens with zero attached hydrogens (tertiary/aromatic N) is 2. The molecule has 1 atom stereocenters. The highest BCUT2D eigenvalue weighted by atomic mass is 35.5. The van der Waals surface area contributed by atoms with Crippen molar-refractivity contribution in [3.05, 3.63) is 33.8 Å². The Balaban J connectivity index is 1.96. The third kappa shape index (κ3) is 3.02. The predicted molar refractivity (Wildman–Crippen MR) is 89.8 cm³/mol. The summed E-state index contributed by atoms with van der Waals surface area (Å²) in [4.78, 5) is 26.7. The third-order valence-electron chi connectivity index (χ3n) is 4.26. The zero-order valence-electron chi connectivity index (χ0n) is 13.6. The molecule has 6 heteroatoms. The summed E-state index contributed by atoms with van der Waals surface area (Å²) in [7, 11) is 0. The summed E-state index contributed by atoms with van der Waals surface area (Å²) < 4.78 is 6.96. The van der Waals surface area contributed by atoms with Gasteiger partial charge in [0, 0.05) is 23.5 Å². The quantitative estimate of drug-likeness (QED) is 0.801. The molecule has 1 aromatic carbocycles. The van der Waals surface area contributed by atoms with Crippen LogP contribution in [0.15, 0.2) is 27.4 Å². The molecule has 1 aliphatic rings. The highest BCUT2D eigenvalue weighted by Gasteiger charge is 2.32. The van der Waals surface area contributed by atoms with Gasteiger partial charge >= 0.3 is 5.76 Å². The van der Waals surface area contributed by atoms with Gasteiger partial charge in [0.25, 0.3) is 0 Å². The summed E-state index contributed by atoms with van der Waals surface area (Å²) in [6.45, 7) is 7.00. The van der Waals surface area contributed by atoms with Gasteiger partial charge in [0.05, 0.1) is 11.6 Å². The highest BCUT2D eigenvalue weighted by Crippen LogP contribution is 2.28. The van der Waals surface area contributed by atoms with Crippen molar-refractivity contribution in [3.8, 4) is 0 Å². The number of fused-ring (bicyclic) bond motifs is 1. The minimum absolute atomic E-state index is 0.0812. The fourth-order valence-electron chi connectivity index (χ4n) is 3.18. The largest absolute Gasteiger partial charge is 0.420 e. The fraction of sp³-hybridized carbons (Fsp3) is 0.529. The molecule has 1 aromatic heterocycles. The molecule has 0 bridgehead atoms. The normalized spacial score (nSPS) is 19.3. The van der Waals surface area contributed by atoms with Gasteiger partial charge < -0.3 is 9.32 Å². The van der Waals surface area contributed by atoms with Crippen LogP contribution < -0.4 is 5.76 Å². The van der Waals surface area contributed by atoms with E-state index >= 15 is 0 Å². The van der Waals surface area contributed by atoms with Gasteiger partial charge in [-0.3, -0.25) is 9.36 Å². The Bertz CT molecular complexity index is 800. The number of piperidine rings is 1. The van der Waals surface area contributed by atoms with E-state index in [-0.39, 0.29) is 11.9 Å². The Labute approximate surface area is 139 Å². The van der Waals surface area contributed by atoms with Crippen molar-refractivity contribution >= 4 is 28.6 Å². The molecule has 0 N–H and O–H groups in total. The van der Waals surface area contributed by atoms with Gasteiger partial charge in [-0.15, -0.1) is 0 Å². The number of rotatable bonds is 1. The summed E-state index contributed by atoms with van der Waals surface area (Å²) in [6, 6.07) is 5.07. The third-order valence-corrected chi connectivity index (χ3v) is 4.50. The van der Waals surface area contributed by atoms with Crippen molar-refractivity contribution in [2.75, 3.05) is 13.1 Å². The van der Waals surface area contributed by atoms with E-state index in [2.05, 4.69) is 0 Å². The number of hydrogen-bond donors (Lipinski definition) is 0. The highest BCUT2D eigenvalue weighted by molar-refractivity contribution is 6.31. The zero-order chi connectivity index (χ0) is 16.8. The smallest absolute Gasteiger partial charge is 0.408 e. The van der Waals surface area contributed by atoms with Gasteiger partial charge in [0.2, 0.25) is 5.91 Å². The van der Waals surface area contributed by atoms with E-state index in [1.54, 1.807) is 22.8 Å². The number of aromatic nitrogens is 1. The standard InChI is InChI=1S/C17H21ClN2O3/c1-17(2,3)15(21)19-8-4-5-12(10-19)20-13-9-11(18)6-7-14(13)23-16(20)22/h6-7,9,12H,4-5,8,10H2,1-3H3/t12-/m0/s1. The molecule has 3 rings (SSSR count). The van der Waals surface area contributed by atoms with E-state index in [0.29, 0.717) is 22.7 Å². The lowest BCUT2D eigenvalue weighted by atomic mass is 9.93. The van der Waals surface area contributed by atoms with Crippen LogP contribution in [0.5, 0.6) is 0 Å². The molecular weight excluding hydrogens is 316 g/mol. The van der Waals surface area contributed by atoms with Crippen molar-refractivity contribution in [1.82, 2.24) is 9.47 Å². The van der Waals surface area contributed by atoms with Crippen molar-refractivity contribution in [1.29, 1.82) is 0 Å². The number of carbonyl (C=O) groups is 1. The molecule has 2 aromatic rings. The van der Waals surface area contributed by atoms with Crippen molar-refractivity contribution in [2.45, 2.75) is 39.7 Å². The molecule has 1 saturated heterocycles. The topological polar surface area (TPSA) is 55.5 Å². The Kier molecular flexibility index (Phi) is 4.00. The molecule has 0 unspecified atom stereocenters. The summed E-state index contributed by atoms with van der Waals surface area (Å²) in [5.41, 5.74) is 0.797. The first-order chi connectivity index (χ1) is 10.8. The van der Waals surface area contributed by atoms with E-state index in [1.807, 2.05) is 25.7 Å². The van der Waals surface area contributed by atoms with Gasteiger partial charge in [-0.25, -0.2) is 4.79 Å². The zero-order valence-corrected chi connectivity index (χ0v) is 14.4. The minimum Gasteiger partial charge on any atom is -0.408 e. The van der Waals surface area contributed by atoms with Gasteiger partial charge in [-0.2, -0.15) is 0 Å². The number of hydrogen-bond acceptors (Lipinski definition) is 3. The Morgan fingerprint density at radius 3 is 2.78 bits per heavy atom. The van der Waals surface area contributed by atoms with Crippen LogP contribution in [0.4, 0.5) is 0 Å². The number of halogens is 1. The molecule has 0 saturated carbocycles. The van der Waals surface area contributed by atoms with E-state index in [0.717, 1.165) is 19.4 Å². The van der Waals surface area contributed by atoms with Gasteiger partial charge in [0.1, 0.15) is 0 Å². The molecule has 2 heterocycles. The van der Waals surface area contributed by atoms with Crippen LogP contribution in [0, 0.1) is 5.41 Å². The number of oxazole rings is 1. The van der Waals surface area contributed by atoms with Gasteiger partial charge in [0.15, 0.2) is 5.58 Å². The lowest BCUT2D eigenvalue weighted by Gasteiger charge is -2.36. The number of amides is 1. The first kappa shape index (κ1) is 16.1. The number of benzene rings is 1. The molecule has 1 fully saturated rings. The van der Waals surface area contributed by atoms with E-state index in [9.17, 15) is 9.59 Å². The predicted octanol–water partition coefficient (Wildman–Crippen LogP) is 3.46. The SMILES string of the molecule is CC(C)(C)C(=O)N1CCC[C@H](n2c(=O)oc3ccc(Cl)cc32)C1. The van der Waals surface area contributed by atoms with Gasteiger partial charge in [-0.1, -0.05) is 32.4 Å². The molecule has 5 nitrogen and oxygen atoms in total. The molecular formula is C17H21ClN2O3. The Hall–Kier alpha value is -1.75. The van der Waals surface area contributed by atoms with E-state index in [4.69, 9.17) is 16.0 Å². The molecule has 1 amide bonds. The Morgan fingerprint density at radius 2 is 2.09 bits per heavy atom. The monoisotopic (exact) mass is 336 g/mol. The second-order valence-corrected chi connectivity index (χ2v) is 7.58. The summed E-state index contributed by atoms with van der Waals surface area (Å²) in [6.07, 6.45) is 1.71. The van der Waals surface area contributed by atoms with Crippen molar-refractivity contribution < 1.29 is 9.21 Å². The number of likely N-dealkylation sites (tertiary alicyclic amines) is 1. The van der Waals surface area contributed by atoms with Gasteiger partial charge in [-0.05, 0) is 31.0 Å². The van der Waals surface area contributed by atoms with Crippen LogP contribution in [0.1, 0.15) is 39.7 Å². The van der Waals surface area contributed by atoms with Crippen LogP contribution in [0.2, 0.25) is 5.02 Å². The second-order valence-electron chi connectivity index (χ2n) is 7.15. The first-order valence-electron chi connectivity index (χ1n) is 7.87. The van der Waals surface area contributed by atoms with Crippen molar-refractivity contribution in [3.63, 3.8) is 0 Å². The van der Waals surface area contributed by atoms with Crippen LogP contribution in [0.3, 0.4) is 0 Å². The second kappa shape index (κ2) is 5.71. The maximum absolute atomic E-state index is 12.5. The molecule has 0 spiro atoms. The molecule has 0 aliphatic carbocycles. The molecule has 1 aliphatic heterocycles. The average Bonchev–Trinajstić information content (AvgIpc) is 2.81. The van der Waals surface area contributed by atoms with E-state index in [1.165, 1.54) is 0 Å². The lowest BCUT2D eigenvalue weighted by Crippen LogP contribution is -2.46. The number of carbonyl (C=O) groups excluding carboxylic acids is 1. The Morgan fingerprint density at radius 1 is 1.35 bits per heavy atom. The van der Waals surface area contributed by atoms with Crippen LogP contribution in [-0.4, -0.2) is 28.5 Å². The van der Waals surface area contributed by atoms with Crippen LogP contribution in [-0.2, 0) is 4.79 Å². The molecule has 23 heavy (non-hydrogen) atoms. The average molecular weight is 337 g/mol. The summed E-state index contributed by atoms with van der Waals surface area (Å²) >= 11 is 6.06. The fourth-order valence-corrected chi connectivity index (χ4v) is 3.34. The van der Waals surface area contributed by atoms with Crippen LogP contribution in [0.25, 0.3) is 11.1 Å². The van der Waals surface area contributed by atoms with E-state index < -0.39 is 11.2 Å². The lowest BCUT2D eigenvalue weighted by molar-refractivity contribution is -0.141. The minimum atomic E-state index is -0.422. The molecule has 0 radical (unpaired) electrons.